The van der Waals surface area contributed by atoms with E-state index in [0.29, 0.717) is 12.0 Å². The summed E-state index contributed by atoms with van der Waals surface area (Å²) in [5.41, 5.74) is 1.06. The Hall–Kier alpha value is 0.0500. The highest BCUT2D eigenvalue weighted by Gasteiger charge is 2.23. The monoisotopic (exact) mass is 305 g/mol. The number of halogens is 3. The molecule has 2 rings (SSSR count). The minimum absolute atomic E-state index is 0.506. The molecule has 0 heterocycles. The van der Waals surface area contributed by atoms with Crippen LogP contribution < -0.4 is 5.32 Å². The van der Waals surface area contributed by atoms with Crippen LogP contribution in [0.2, 0.25) is 10.0 Å². The van der Waals surface area contributed by atoms with Gasteiger partial charge in [0.05, 0.1) is 0 Å². The Labute approximate surface area is 124 Å². The number of rotatable bonds is 4. The van der Waals surface area contributed by atoms with Gasteiger partial charge in [-0.3, -0.25) is 0 Å². The fourth-order valence-electron chi connectivity index (χ4n) is 2.58. The van der Waals surface area contributed by atoms with Crippen LogP contribution in [0.3, 0.4) is 0 Å². The second-order valence-corrected chi connectivity index (χ2v) is 6.07. The highest BCUT2D eigenvalue weighted by Crippen LogP contribution is 2.26. The van der Waals surface area contributed by atoms with E-state index in [2.05, 4.69) is 5.32 Å². The molecule has 0 aromatic heterocycles. The van der Waals surface area contributed by atoms with Crippen molar-refractivity contribution in [3.05, 3.63) is 33.8 Å². The second kappa shape index (κ2) is 7.00. The van der Waals surface area contributed by atoms with E-state index in [1.165, 1.54) is 25.7 Å². The summed E-state index contributed by atoms with van der Waals surface area (Å²) in [7, 11) is 0. The molecule has 0 radical (unpaired) electrons. The van der Waals surface area contributed by atoms with E-state index in [1.54, 1.807) is 0 Å². The Kier molecular flexibility index (Phi) is 5.62. The van der Waals surface area contributed by atoms with Gasteiger partial charge in [-0.1, -0.05) is 36.0 Å². The Morgan fingerprint density at radius 1 is 1.17 bits per heavy atom. The van der Waals surface area contributed by atoms with Gasteiger partial charge in [-0.15, -0.1) is 11.6 Å². The fourth-order valence-corrected chi connectivity index (χ4v) is 3.33. The van der Waals surface area contributed by atoms with Crippen molar-refractivity contribution in [2.75, 3.05) is 5.88 Å². The smallest absolute Gasteiger partial charge is 0.0451 e. The van der Waals surface area contributed by atoms with Crippen LogP contribution in [-0.2, 0) is 6.54 Å². The number of hydrogen-bond donors (Lipinski definition) is 1. The molecule has 0 aliphatic heterocycles. The zero-order chi connectivity index (χ0) is 13.0. The minimum Gasteiger partial charge on any atom is -0.310 e. The molecule has 0 spiro atoms. The number of nitrogens with one attached hydrogen (secondary N) is 1. The SMILES string of the molecule is ClCC1CCCCC1NCc1cc(Cl)ccc1Cl. The van der Waals surface area contributed by atoms with E-state index in [9.17, 15) is 0 Å². The van der Waals surface area contributed by atoms with E-state index in [4.69, 9.17) is 34.8 Å². The van der Waals surface area contributed by atoms with Gasteiger partial charge < -0.3 is 5.32 Å². The van der Waals surface area contributed by atoms with Crippen LogP contribution in [0.1, 0.15) is 31.2 Å². The Bertz CT molecular complexity index is 395. The molecule has 1 fully saturated rings. The first-order valence-corrected chi connectivity index (χ1v) is 7.73. The lowest BCUT2D eigenvalue weighted by atomic mass is 9.85. The van der Waals surface area contributed by atoms with E-state index in [0.717, 1.165) is 28.0 Å². The van der Waals surface area contributed by atoms with E-state index in [1.807, 2.05) is 18.2 Å². The lowest BCUT2D eigenvalue weighted by Crippen LogP contribution is -2.39. The van der Waals surface area contributed by atoms with Gasteiger partial charge in [0.1, 0.15) is 0 Å². The lowest BCUT2D eigenvalue weighted by molar-refractivity contribution is 0.282. The van der Waals surface area contributed by atoms with Crippen molar-refractivity contribution >= 4 is 34.8 Å². The third-order valence-electron chi connectivity index (χ3n) is 3.67. The summed E-state index contributed by atoms with van der Waals surface area (Å²) in [5.74, 6) is 1.32. The first kappa shape index (κ1) is 14.5. The molecule has 2 atom stereocenters. The summed E-state index contributed by atoms with van der Waals surface area (Å²) < 4.78 is 0. The molecule has 0 amide bonds. The van der Waals surface area contributed by atoms with Crippen LogP contribution in [0, 0.1) is 5.92 Å². The van der Waals surface area contributed by atoms with Gasteiger partial charge in [-0.25, -0.2) is 0 Å². The summed E-state index contributed by atoms with van der Waals surface area (Å²) in [4.78, 5) is 0. The predicted octanol–water partition coefficient (Wildman–Crippen LogP) is 4.88. The van der Waals surface area contributed by atoms with E-state index in [-0.39, 0.29) is 0 Å². The molecular formula is C14H18Cl3N. The molecule has 1 N–H and O–H groups in total. The summed E-state index contributed by atoms with van der Waals surface area (Å²) >= 11 is 18.2. The fraction of sp³-hybridized carbons (Fsp3) is 0.571. The lowest BCUT2D eigenvalue weighted by Gasteiger charge is -2.31. The minimum atomic E-state index is 0.506. The average molecular weight is 307 g/mol. The van der Waals surface area contributed by atoms with Crippen LogP contribution in [-0.4, -0.2) is 11.9 Å². The second-order valence-electron chi connectivity index (χ2n) is 4.92. The van der Waals surface area contributed by atoms with Gasteiger partial charge in [0.15, 0.2) is 0 Å². The maximum atomic E-state index is 6.16. The predicted molar refractivity (Wildman–Crippen MR) is 79.8 cm³/mol. The van der Waals surface area contributed by atoms with Gasteiger partial charge in [-0.2, -0.15) is 0 Å². The van der Waals surface area contributed by atoms with E-state index >= 15 is 0 Å². The van der Waals surface area contributed by atoms with Crippen molar-refractivity contribution in [2.45, 2.75) is 38.3 Å². The van der Waals surface area contributed by atoms with E-state index < -0.39 is 0 Å². The Morgan fingerprint density at radius 3 is 2.72 bits per heavy atom. The van der Waals surface area contributed by atoms with Crippen molar-refractivity contribution in [3.63, 3.8) is 0 Å². The van der Waals surface area contributed by atoms with Crippen LogP contribution >= 0.6 is 34.8 Å². The van der Waals surface area contributed by atoms with Gasteiger partial charge in [0.25, 0.3) is 0 Å². The summed E-state index contributed by atoms with van der Waals surface area (Å²) in [5, 5.41) is 5.08. The maximum Gasteiger partial charge on any atom is 0.0451 e. The summed E-state index contributed by atoms with van der Waals surface area (Å²) in [6, 6.07) is 6.09. The molecule has 18 heavy (non-hydrogen) atoms. The molecule has 4 heteroatoms. The van der Waals surface area contributed by atoms with Crippen molar-refractivity contribution in [2.24, 2.45) is 5.92 Å². The molecule has 2 unspecified atom stereocenters. The molecule has 0 bridgehead atoms. The molecule has 1 aliphatic rings. The van der Waals surface area contributed by atoms with Crippen molar-refractivity contribution in [1.82, 2.24) is 5.32 Å². The van der Waals surface area contributed by atoms with Gasteiger partial charge in [-0.05, 0) is 42.5 Å². The highest BCUT2D eigenvalue weighted by atomic mass is 35.5. The quantitative estimate of drug-likeness (QED) is 0.782. The summed E-state index contributed by atoms with van der Waals surface area (Å²) in [6.07, 6.45) is 5.02. The van der Waals surface area contributed by atoms with Gasteiger partial charge >= 0.3 is 0 Å². The molecule has 1 aliphatic carbocycles. The number of hydrogen-bond acceptors (Lipinski definition) is 1. The largest absolute Gasteiger partial charge is 0.310 e. The first-order valence-electron chi connectivity index (χ1n) is 6.44. The molecule has 1 nitrogen and oxygen atoms in total. The average Bonchev–Trinajstić information content (AvgIpc) is 2.40. The number of alkyl halides is 1. The van der Waals surface area contributed by atoms with Crippen LogP contribution in [0.4, 0.5) is 0 Å². The molecule has 1 aromatic rings. The maximum absolute atomic E-state index is 6.16. The Morgan fingerprint density at radius 2 is 1.94 bits per heavy atom. The summed E-state index contributed by atoms with van der Waals surface area (Å²) in [6.45, 7) is 0.761. The van der Waals surface area contributed by atoms with Crippen molar-refractivity contribution < 1.29 is 0 Å². The van der Waals surface area contributed by atoms with Crippen LogP contribution in [0.25, 0.3) is 0 Å². The molecule has 100 valence electrons. The molecule has 1 saturated carbocycles. The number of benzene rings is 1. The van der Waals surface area contributed by atoms with Crippen LogP contribution in [0.15, 0.2) is 18.2 Å². The van der Waals surface area contributed by atoms with Crippen molar-refractivity contribution in [3.8, 4) is 0 Å². The van der Waals surface area contributed by atoms with Gasteiger partial charge in [0, 0.05) is 28.5 Å². The first-order chi connectivity index (χ1) is 8.70. The molecule has 1 aromatic carbocycles. The standard InChI is InChI=1S/C14H18Cl3N/c15-8-10-3-1-2-4-14(10)18-9-11-7-12(16)5-6-13(11)17/h5-7,10,14,18H,1-4,8-9H2. The molecular weight excluding hydrogens is 289 g/mol. The third-order valence-corrected chi connectivity index (χ3v) is 4.67. The van der Waals surface area contributed by atoms with Crippen LogP contribution in [0.5, 0.6) is 0 Å². The molecule has 0 saturated heterocycles. The Balaban J connectivity index is 1.95. The topological polar surface area (TPSA) is 12.0 Å². The highest BCUT2D eigenvalue weighted by molar-refractivity contribution is 6.33. The van der Waals surface area contributed by atoms with Crippen molar-refractivity contribution in [1.29, 1.82) is 0 Å². The third kappa shape index (κ3) is 3.77. The normalized spacial score (nSPS) is 24.2. The van der Waals surface area contributed by atoms with Gasteiger partial charge in [0.2, 0.25) is 0 Å². The zero-order valence-electron chi connectivity index (χ0n) is 10.3. The zero-order valence-corrected chi connectivity index (χ0v) is 12.5.